The molecule has 0 amide bonds. The molecule has 0 radical (unpaired) electrons. The molecular weight excluding hydrogens is 268 g/mol. The maximum absolute atomic E-state index is 5.93. The van der Waals surface area contributed by atoms with Crippen LogP contribution in [0.4, 0.5) is 0 Å². The van der Waals surface area contributed by atoms with E-state index in [9.17, 15) is 0 Å². The summed E-state index contributed by atoms with van der Waals surface area (Å²) in [5.41, 5.74) is 7.00. The third-order valence-corrected chi connectivity index (χ3v) is 4.04. The minimum atomic E-state index is -0.0397. The summed E-state index contributed by atoms with van der Waals surface area (Å²) in [6, 6.07) is 6.44. The Kier molecular flexibility index (Phi) is 5.45. The molecule has 5 heteroatoms. The summed E-state index contributed by atoms with van der Waals surface area (Å²) in [5, 5.41) is 0. The molecule has 0 spiro atoms. The summed E-state index contributed by atoms with van der Waals surface area (Å²) in [6.07, 6.45) is -0.0397. The predicted molar refractivity (Wildman–Crippen MR) is 82.9 cm³/mol. The second-order valence-corrected chi connectivity index (χ2v) is 5.50. The second kappa shape index (κ2) is 7.11. The first-order chi connectivity index (χ1) is 10.1. The number of hydrogen-bond acceptors (Lipinski definition) is 5. The second-order valence-electron chi connectivity index (χ2n) is 5.50. The van der Waals surface area contributed by atoms with Gasteiger partial charge in [-0.1, -0.05) is 12.1 Å². The fraction of sp³-hybridized carbons (Fsp3) is 0.625. The fourth-order valence-corrected chi connectivity index (χ4v) is 3.05. The monoisotopic (exact) mass is 294 g/mol. The molecule has 1 aromatic rings. The quantitative estimate of drug-likeness (QED) is 0.897. The minimum Gasteiger partial charge on any atom is -0.493 e. The molecule has 118 valence electrons. The first kappa shape index (κ1) is 16.1. The molecule has 1 saturated heterocycles. The maximum Gasteiger partial charge on any atom is 0.165 e. The lowest BCUT2D eigenvalue weighted by Crippen LogP contribution is -2.50. The molecule has 1 aliphatic heterocycles. The van der Waals surface area contributed by atoms with Crippen LogP contribution in [0.25, 0.3) is 0 Å². The van der Waals surface area contributed by atoms with E-state index in [2.05, 4.69) is 24.8 Å². The maximum atomic E-state index is 5.93. The Hall–Kier alpha value is -1.30. The molecule has 5 nitrogen and oxygen atoms in total. The van der Waals surface area contributed by atoms with Gasteiger partial charge >= 0.3 is 0 Å². The van der Waals surface area contributed by atoms with Gasteiger partial charge in [0, 0.05) is 24.7 Å². The molecule has 0 bridgehead atoms. The van der Waals surface area contributed by atoms with E-state index in [1.165, 1.54) is 0 Å². The van der Waals surface area contributed by atoms with E-state index in [4.69, 9.17) is 19.9 Å². The van der Waals surface area contributed by atoms with Crippen molar-refractivity contribution in [2.75, 3.05) is 33.9 Å². The van der Waals surface area contributed by atoms with Crippen molar-refractivity contribution in [3.63, 3.8) is 0 Å². The zero-order valence-electron chi connectivity index (χ0n) is 13.3. The Bertz CT molecular complexity index is 465. The molecule has 0 saturated carbocycles. The highest BCUT2D eigenvalue weighted by Gasteiger charge is 2.36. The first-order valence-electron chi connectivity index (χ1n) is 7.42. The number of nitrogens with two attached hydrogens (primary N) is 1. The number of para-hydroxylation sites is 1. The minimum absolute atomic E-state index is 0.0397. The van der Waals surface area contributed by atoms with E-state index < -0.39 is 0 Å². The van der Waals surface area contributed by atoms with Gasteiger partial charge in [0.15, 0.2) is 11.5 Å². The van der Waals surface area contributed by atoms with Gasteiger partial charge in [-0.25, -0.2) is 0 Å². The Morgan fingerprint density at radius 2 is 2.10 bits per heavy atom. The molecule has 1 aromatic carbocycles. The van der Waals surface area contributed by atoms with E-state index in [1.54, 1.807) is 14.2 Å². The summed E-state index contributed by atoms with van der Waals surface area (Å²) in [7, 11) is 3.32. The smallest absolute Gasteiger partial charge is 0.165 e. The molecule has 0 aromatic heterocycles. The molecule has 2 unspecified atom stereocenters. The zero-order valence-corrected chi connectivity index (χ0v) is 13.3. The normalized spacial score (nSPS) is 23.3. The molecule has 2 rings (SSSR count). The zero-order chi connectivity index (χ0) is 15.4. The molecule has 21 heavy (non-hydrogen) atoms. The Balaban J connectivity index is 2.48. The summed E-state index contributed by atoms with van der Waals surface area (Å²) in [6.45, 7) is 6.47. The third kappa shape index (κ3) is 3.15. The highest BCUT2D eigenvalue weighted by Crippen LogP contribution is 2.40. The number of ether oxygens (including phenoxy) is 3. The molecule has 1 fully saturated rings. The number of benzene rings is 1. The largest absolute Gasteiger partial charge is 0.493 e. The molecular formula is C16H26N2O3. The average molecular weight is 294 g/mol. The standard InChI is InChI=1S/C16H26N2O3/c1-11(2)18-8-9-21-14(10-17)15(18)12-6-5-7-13(19-3)16(12)20-4/h5-7,11,14-15H,8-10,17H2,1-4H3. The lowest BCUT2D eigenvalue weighted by Gasteiger charge is -2.43. The first-order valence-corrected chi connectivity index (χ1v) is 7.42. The van der Waals surface area contributed by atoms with Crippen LogP contribution in [-0.2, 0) is 4.74 Å². The number of methoxy groups -OCH3 is 2. The van der Waals surface area contributed by atoms with Gasteiger partial charge in [0.2, 0.25) is 0 Å². The van der Waals surface area contributed by atoms with Gasteiger partial charge in [-0.2, -0.15) is 0 Å². The van der Waals surface area contributed by atoms with Crippen molar-refractivity contribution in [3.8, 4) is 11.5 Å². The predicted octanol–water partition coefficient (Wildman–Crippen LogP) is 1.81. The Morgan fingerprint density at radius 1 is 1.33 bits per heavy atom. The third-order valence-electron chi connectivity index (χ3n) is 4.04. The van der Waals surface area contributed by atoms with E-state index in [0.717, 1.165) is 23.6 Å². The van der Waals surface area contributed by atoms with E-state index in [-0.39, 0.29) is 12.1 Å². The molecule has 0 aliphatic carbocycles. The number of morpholine rings is 1. The molecule has 1 heterocycles. The van der Waals surface area contributed by atoms with Gasteiger partial charge in [-0.3, -0.25) is 4.90 Å². The lowest BCUT2D eigenvalue weighted by molar-refractivity contribution is -0.0795. The topological polar surface area (TPSA) is 57.0 Å². The highest BCUT2D eigenvalue weighted by atomic mass is 16.5. The van der Waals surface area contributed by atoms with Crippen molar-refractivity contribution in [2.24, 2.45) is 5.73 Å². The van der Waals surface area contributed by atoms with E-state index >= 15 is 0 Å². The van der Waals surface area contributed by atoms with Crippen molar-refractivity contribution >= 4 is 0 Å². The van der Waals surface area contributed by atoms with Crippen LogP contribution in [0.15, 0.2) is 18.2 Å². The summed E-state index contributed by atoms with van der Waals surface area (Å²) >= 11 is 0. The van der Waals surface area contributed by atoms with Crippen molar-refractivity contribution in [1.82, 2.24) is 4.90 Å². The van der Waals surface area contributed by atoms with Crippen molar-refractivity contribution in [2.45, 2.75) is 32.0 Å². The van der Waals surface area contributed by atoms with Crippen molar-refractivity contribution < 1.29 is 14.2 Å². The van der Waals surface area contributed by atoms with Crippen LogP contribution in [0.2, 0.25) is 0 Å². The van der Waals surface area contributed by atoms with E-state index in [1.807, 2.05) is 12.1 Å². The Morgan fingerprint density at radius 3 is 2.67 bits per heavy atom. The van der Waals surface area contributed by atoms with Crippen LogP contribution in [0.5, 0.6) is 11.5 Å². The lowest BCUT2D eigenvalue weighted by atomic mass is 9.95. The van der Waals surface area contributed by atoms with Crippen LogP contribution >= 0.6 is 0 Å². The molecule has 1 aliphatic rings. The molecule has 2 N–H and O–H groups in total. The van der Waals surface area contributed by atoms with Gasteiger partial charge < -0.3 is 19.9 Å². The fourth-order valence-electron chi connectivity index (χ4n) is 3.05. The number of hydrogen-bond donors (Lipinski definition) is 1. The number of nitrogens with zero attached hydrogens (tertiary/aromatic N) is 1. The van der Waals surface area contributed by atoms with Crippen molar-refractivity contribution in [3.05, 3.63) is 23.8 Å². The SMILES string of the molecule is COc1cccc(C2C(CN)OCCN2C(C)C)c1OC. The van der Waals surface area contributed by atoms with Crippen LogP contribution in [-0.4, -0.2) is 51.0 Å². The van der Waals surface area contributed by atoms with Gasteiger partial charge in [-0.05, 0) is 19.9 Å². The van der Waals surface area contributed by atoms with Crippen LogP contribution in [0.3, 0.4) is 0 Å². The highest BCUT2D eigenvalue weighted by molar-refractivity contribution is 5.48. The van der Waals surface area contributed by atoms with Gasteiger partial charge in [0.05, 0.1) is 33.0 Å². The summed E-state index contributed by atoms with van der Waals surface area (Å²) in [4.78, 5) is 2.42. The number of rotatable bonds is 5. The average Bonchev–Trinajstić information content (AvgIpc) is 2.52. The van der Waals surface area contributed by atoms with Crippen LogP contribution in [0.1, 0.15) is 25.5 Å². The van der Waals surface area contributed by atoms with Crippen molar-refractivity contribution in [1.29, 1.82) is 0 Å². The molecule has 2 atom stereocenters. The van der Waals surface area contributed by atoms with Gasteiger partial charge in [0.25, 0.3) is 0 Å². The van der Waals surface area contributed by atoms with Crippen LogP contribution < -0.4 is 15.2 Å². The van der Waals surface area contributed by atoms with Gasteiger partial charge in [0.1, 0.15) is 0 Å². The Labute approximate surface area is 127 Å². The van der Waals surface area contributed by atoms with Gasteiger partial charge in [-0.15, -0.1) is 0 Å². The summed E-state index contributed by atoms with van der Waals surface area (Å²) < 4.78 is 16.9. The summed E-state index contributed by atoms with van der Waals surface area (Å²) in [5.74, 6) is 1.50. The van der Waals surface area contributed by atoms with E-state index in [0.29, 0.717) is 19.2 Å². The van der Waals surface area contributed by atoms with Crippen LogP contribution in [0, 0.1) is 0 Å².